The van der Waals surface area contributed by atoms with Crippen LogP contribution in [0.3, 0.4) is 0 Å². The molecule has 0 radical (unpaired) electrons. The van der Waals surface area contributed by atoms with Gasteiger partial charge in [0.2, 0.25) is 5.89 Å². The molecular formula is C14H18N4O3. The molecule has 0 atom stereocenters. The van der Waals surface area contributed by atoms with Crippen molar-refractivity contribution in [3.05, 3.63) is 44.8 Å². The number of rotatable bonds is 4. The Labute approximate surface area is 121 Å². The number of nitrogens with zero attached hydrogens (tertiary/aromatic N) is 3. The third-order valence-corrected chi connectivity index (χ3v) is 3.92. The highest BCUT2D eigenvalue weighted by atomic mass is 16.5. The van der Waals surface area contributed by atoms with Gasteiger partial charge in [-0.1, -0.05) is 24.4 Å². The van der Waals surface area contributed by atoms with Crippen LogP contribution >= 0.6 is 0 Å². The van der Waals surface area contributed by atoms with Crippen molar-refractivity contribution in [3.8, 4) is 0 Å². The molecule has 0 aromatic carbocycles. The highest BCUT2D eigenvalue weighted by Crippen LogP contribution is 2.30. The molecule has 2 heterocycles. The van der Waals surface area contributed by atoms with Gasteiger partial charge in [0, 0.05) is 31.1 Å². The lowest BCUT2D eigenvalue weighted by Gasteiger charge is -2.17. The lowest BCUT2D eigenvalue weighted by atomic mass is 9.89. The van der Waals surface area contributed by atoms with Gasteiger partial charge in [-0.05, 0) is 12.8 Å². The van der Waals surface area contributed by atoms with Gasteiger partial charge in [0.15, 0.2) is 5.82 Å². The summed E-state index contributed by atoms with van der Waals surface area (Å²) < 4.78 is 6.68. The predicted octanol–water partition coefficient (Wildman–Crippen LogP) is 1.21. The van der Waals surface area contributed by atoms with Crippen LogP contribution in [0.5, 0.6) is 0 Å². The Morgan fingerprint density at radius 1 is 1.29 bits per heavy atom. The molecule has 112 valence electrons. The first-order chi connectivity index (χ1) is 10.2. The van der Waals surface area contributed by atoms with E-state index in [1.54, 1.807) is 0 Å². The molecule has 3 rings (SSSR count). The second kappa shape index (κ2) is 6.07. The fourth-order valence-electron chi connectivity index (χ4n) is 2.73. The van der Waals surface area contributed by atoms with Gasteiger partial charge >= 0.3 is 5.69 Å². The zero-order chi connectivity index (χ0) is 14.7. The Morgan fingerprint density at radius 3 is 2.86 bits per heavy atom. The van der Waals surface area contributed by atoms with E-state index < -0.39 is 11.2 Å². The fourth-order valence-corrected chi connectivity index (χ4v) is 2.73. The number of aryl methyl sites for hydroxylation is 2. The first-order valence-electron chi connectivity index (χ1n) is 7.34. The molecule has 2 aromatic heterocycles. The maximum atomic E-state index is 11.6. The van der Waals surface area contributed by atoms with Crippen LogP contribution in [0, 0.1) is 0 Å². The largest absolute Gasteiger partial charge is 0.339 e. The number of H-pyrrole nitrogens is 1. The Bertz CT molecular complexity index is 709. The van der Waals surface area contributed by atoms with Gasteiger partial charge < -0.3 is 9.09 Å². The van der Waals surface area contributed by atoms with Crippen molar-refractivity contribution in [1.29, 1.82) is 0 Å². The van der Waals surface area contributed by atoms with Crippen molar-refractivity contribution in [2.24, 2.45) is 0 Å². The fraction of sp³-hybridized carbons (Fsp3) is 0.571. The molecule has 0 bridgehead atoms. The van der Waals surface area contributed by atoms with Crippen molar-refractivity contribution in [1.82, 2.24) is 19.7 Å². The van der Waals surface area contributed by atoms with Gasteiger partial charge in [0.1, 0.15) is 0 Å². The number of nitrogens with one attached hydrogen (secondary N) is 1. The highest BCUT2D eigenvalue weighted by Gasteiger charge is 2.20. The molecule has 1 aliphatic carbocycles. The summed E-state index contributed by atoms with van der Waals surface area (Å²) in [5.41, 5.74) is -0.817. The normalized spacial score (nSPS) is 16.2. The minimum absolute atomic E-state index is 0.395. The molecule has 1 saturated carbocycles. The van der Waals surface area contributed by atoms with Crippen LogP contribution in [0.1, 0.15) is 49.7 Å². The van der Waals surface area contributed by atoms with Gasteiger partial charge in [-0.3, -0.25) is 9.78 Å². The summed E-state index contributed by atoms with van der Waals surface area (Å²) in [6, 6.07) is 1.32. The minimum Gasteiger partial charge on any atom is -0.339 e. The maximum absolute atomic E-state index is 11.6. The first-order valence-corrected chi connectivity index (χ1v) is 7.34. The summed E-state index contributed by atoms with van der Waals surface area (Å²) in [5.74, 6) is 1.74. The second-order valence-corrected chi connectivity index (χ2v) is 5.43. The summed E-state index contributed by atoms with van der Waals surface area (Å²) in [7, 11) is 0. The van der Waals surface area contributed by atoms with Crippen molar-refractivity contribution < 1.29 is 4.52 Å². The van der Waals surface area contributed by atoms with Gasteiger partial charge in [-0.15, -0.1) is 0 Å². The third kappa shape index (κ3) is 3.29. The summed E-state index contributed by atoms with van der Waals surface area (Å²) in [6.45, 7) is 0.405. The molecule has 1 aliphatic rings. The molecule has 7 heteroatoms. The minimum atomic E-state index is -0.422. The smallest absolute Gasteiger partial charge is 0.328 e. The maximum Gasteiger partial charge on any atom is 0.328 e. The lowest BCUT2D eigenvalue weighted by molar-refractivity contribution is 0.353. The Balaban J connectivity index is 1.64. The highest BCUT2D eigenvalue weighted by molar-refractivity contribution is 4.97. The molecule has 0 unspecified atom stereocenters. The van der Waals surface area contributed by atoms with Gasteiger partial charge in [-0.25, -0.2) is 4.79 Å². The topological polar surface area (TPSA) is 93.8 Å². The third-order valence-electron chi connectivity index (χ3n) is 3.92. The molecule has 0 spiro atoms. The zero-order valence-corrected chi connectivity index (χ0v) is 11.7. The van der Waals surface area contributed by atoms with E-state index in [0.717, 1.165) is 18.7 Å². The molecule has 0 aliphatic heterocycles. The van der Waals surface area contributed by atoms with E-state index >= 15 is 0 Å². The summed E-state index contributed by atoms with van der Waals surface area (Å²) in [6.07, 6.45) is 7.93. The van der Waals surface area contributed by atoms with Crippen molar-refractivity contribution in [2.75, 3.05) is 0 Å². The molecule has 1 N–H and O–H groups in total. The van der Waals surface area contributed by atoms with E-state index in [2.05, 4.69) is 15.1 Å². The van der Waals surface area contributed by atoms with Crippen molar-refractivity contribution >= 4 is 0 Å². The molecule has 0 saturated heterocycles. The Kier molecular flexibility index (Phi) is 3.98. The average molecular weight is 290 g/mol. The van der Waals surface area contributed by atoms with Crippen LogP contribution in [0.15, 0.2) is 26.4 Å². The van der Waals surface area contributed by atoms with E-state index in [9.17, 15) is 9.59 Å². The van der Waals surface area contributed by atoms with Crippen LogP contribution in [-0.2, 0) is 13.0 Å². The number of hydrogen-bond acceptors (Lipinski definition) is 5. The number of hydrogen-bond donors (Lipinski definition) is 1. The Hall–Kier alpha value is -2.18. The van der Waals surface area contributed by atoms with E-state index in [1.165, 1.54) is 36.1 Å². The molecular weight excluding hydrogens is 272 g/mol. The van der Waals surface area contributed by atoms with Crippen LogP contribution < -0.4 is 11.2 Å². The van der Waals surface area contributed by atoms with Gasteiger partial charge in [0.25, 0.3) is 5.56 Å². The van der Waals surface area contributed by atoms with Gasteiger partial charge in [-0.2, -0.15) is 4.98 Å². The zero-order valence-electron chi connectivity index (χ0n) is 11.7. The molecule has 0 amide bonds. The SMILES string of the molecule is O=c1ccn(CCc2nc(C3CCCCC3)no2)c(=O)[nH]1. The molecule has 7 nitrogen and oxygen atoms in total. The van der Waals surface area contributed by atoms with Crippen LogP contribution in [0.25, 0.3) is 0 Å². The predicted molar refractivity (Wildman–Crippen MR) is 75.2 cm³/mol. The van der Waals surface area contributed by atoms with Crippen LogP contribution in [0.4, 0.5) is 0 Å². The van der Waals surface area contributed by atoms with E-state index in [0.29, 0.717) is 24.8 Å². The van der Waals surface area contributed by atoms with E-state index in [4.69, 9.17) is 4.52 Å². The molecule has 1 fully saturated rings. The average Bonchev–Trinajstić information content (AvgIpc) is 2.96. The van der Waals surface area contributed by atoms with Crippen molar-refractivity contribution in [3.63, 3.8) is 0 Å². The van der Waals surface area contributed by atoms with Gasteiger partial charge in [0.05, 0.1) is 0 Å². The van der Waals surface area contributed by atoms with Crippen LogP contribution in [0.2, 0.25) is 0 Å². The quantitative estimate of drug-likeness (QED) is 0.913. The second-order valence-electron chi connectivity index (χ2n) is 5.43. The van der Waals surface area contributed by atoms with Crippen LogP contribution in [-0.4, -0.2) is 19.7 Å². The molecule has 21 heavy (non-hydrogen) atoms. The van der Waals surface area contributed by atoms with Crippen molar-refractivity contribution in [2.45, 2.75) is 51.0 Å². The summed E-state index contributed by atoms with van der Waals surface area (Å²) in [5, 5.41) is 4.06. The first kappa shape index (κ1) is 13.8. The number of aromatic amines is 1. The Morgan fingerprint density at radius 2 is 2.10 bits per heavy atom. The molecule has 2 aromatic rings. The standard InChI is InChI=1S/C14H18N4O3/c19-11-6-8-18(14(20)15-11)9-7-12-16-13(17-21-12)10-4-2-1-3-5-10/h6,8,10H,1-5,7,9H2,(H,15,19,20). The monoisotopic (exact) mass is 290 g/mol. The number of aromatic nitrogens is 4. The van der Waals surface area contributed by atoms with E-state index in [1.807, 2.05) is 0 Å². The summed E-state index contributed by atoms with van der Waals surface area (Å²) in [4.78, 5) is 29.2. The summed E-state index contributed by atoms with van der Waals surface area (Å²) >= 11 is 0. The van der Waals surface area contributed by atoms with E-state index in [-0.39, 0.29) is 0 Å². The lowest BCUT2D eigenvalue weighted by Crippen LogP contribution is -2.29.